The highest BCUT2D eigenvalue weighted by Gasteiger charge is 2.21. The summed E-state index contributed by atoms with van der Waals surface area (Å²) < 4.78 is 13.6. The smallest absolute Gasteiger partial charge is 0.145 e. The largest absolute Gasteiger partial charge is 0.340 e. The number of hydrogen-bond donors (Lipinski definition) is 1. The van der Waals surface area contributed by atoms with E-state index in [1.54, 1.807) is 6.07 Å². The first kappa shape index (κ1) is 9.12. The summed E-state index contributed by atoms with van der Waals surface area (Å²) in [4.78, 5) is 11.0. The Morgan fingerprint density at radius 1 is 1.36 bits per heavy atom. The van der Waals surface area contributed by atoms with Crippen LogP contribution in [0.2, 0.25) is 0 Å². The molecule has 0 saturated heterocycles. The van der Waals surface area contributed by atoms with Crippen LogP contribution in [0.4, 0.5) is 4.39 Å². The lowest BCUT2D eigenvalue weighted by molar-refractivity contribution is 0.215. The molecule has 1 N–H and O–H groups in total. The normalized spacial score (nSPS) is 12.3. The van der Waals surface area contributed by atoms with E-state index in [2.05, 4.69) is 15.0 Å². The first-order chi connectivity index (χ1) is 6.48. The molecule has 2 rings (SSSR count). The van der Waals surface area contributed by atoms with Crippen LogP contribution < -0.4 is 0 Å². The third-order valence-electron chi connectivity index (χ3n) is 2.27. The van der Waals surface area contributed by atoms with Crippen molar-refractivity contribution in [2.75, 3.05) is 0 Å². The predicted octanol–water partition coefficient (Wildman–Crippen LogP) is 2.47. The van der Waals surface area contributed by atoms with E-state index in [1.165, 1.54) is 20.2 Å². The number of nitrogens with zero attached hydrogens (tertiary/aromatic N) is 2. The summed E-state index contributed by atoms with van der Waals surface area (Å²) in [6.07, 6.45) is 1.48. The van der Waals surface area contributed by atoms with Crippen LogP contribution in [0.25, 0.3) is 11.0 Å². The highest BCUT2D eigenvalue weighted by molar-refractivity contribution is 5.78. The van der Waals surface area contributed by atoms with Gasteiger partial charge in [0.25, 0.3) is 0 Å². The molecular weight excluding hydrogens is 181 g/mol. The lowest BCUT2D eigenvalue weighted by Gasteiger charge is -2.10. The molecule has 0 amide bonds. The molecule has 0 saturated carbocycles. The second kappa shape index (κ2) is 2.77. The van der Waals surface area contributed by atoms with Gasteiger partial charge in [-0.25, -0.2) is 14.4 Å². The zero-order valence-electron chi connectivity index (χ0n) is 8.43. The SMILES string of the molecule is Cc1ncnc2[nH]c(C(C)(C)F)cc12. The zero-order valence-corrected chi connectivity index (χ0v) is 8.43. The minimum atomic E-state index is -1.37. The van der Waals surface area contributed by atoms with Crippen molar-refractivity contribution in [1.29, 1.82) is 0 Å². The van der Waals surface area contributed by atoms with Crippen molar-refractivity contribution in [3.63, 3.8) is 0 Å². The first-order valence-electron chi connectivity index (χ1n) is 4.48. The van der Waals surface area contributed by atoms with Crippen molar-refractivity contribution in [2.45, 2.75) is 26.4 Å². The van der Waals surface area contributed by atoms with Gasteiger partial charge < -0.3 is 4.98 Å². The molecule has 0 bridgehead atoms. The Morgan fingerprint density at radius 2 is 2.07 bits per heavy atom. The Hall–Kier alpha value is -1.45. The monoisotopic (exact) mass is 193 g/mol. The van der Waals surface area contributed by atoms with Gasteiger partial charge in [-0.15, -0.1) is 0 Å². The lowest BCUT2D eigenvalue weighted by atomic mass is 10.1. The summed E-state index contributed by atoms with van der Waals surface area (Å²) in [6.45, 7) is 4.91. The van der Waals surface area contributed by atoms with Gasteiger partial charge in [-0.2, -0.15) is 0 Å². The summed E-state index contributed by atoms with van der Waals surface area (Å²) in [5.41, 5.74) is 0.726. The molecule has 14 heavy (non-hydrogen) atoms. The van der Waals surface area contributed by atoms with E-state index in [-0.39, 0.29) is 0 Å². The second-order valence-corrected chi connectivity index (χ2v) is 3.88. The average molecular weight is 193 g/mol. The highest BCUT2D eigenvalue weighted by atomic mass is 19.1. The minimum absolute atomic E-state index is 0.538. The molecule has 4 heteroatoms. The van der Waals surface area contributed by atoms with Crippen LogP contribution in [-0.2, 0) is 5.67 Å². The number of aromatic nitrogens is 3. The average Bonchev–Trinajstić information content (AvgIpc) is 2.48. The van der Waals surface area contributed by atoms with Gasteiger partial charge in [-0.05, 0) is 26.8 Å². The molecule has 0 atom stereocenters. The van der Waals surface area contributed by atoms with Crippen LogP contribution in [0.3, 0.4) is 0 Å². The van der Waals surface area contributed by atoms with Gasteiger partial charge in [0, 0.05) is 5.39 Å². The molecule has 2 aromatic rings. The number of fused-ring (bicyclic) bond motifs is 1. The Bertz CT molecular complexity index is 468. The van der Waals surface area contributed by atoms with Gasteiger partial charge >= 0.3 is 0 Å². The number of halogens is 1. The number of nitrogens with one attached hydrogen (secondary N) is 1. The van der Waals surface area contributed by atoms with Crippen molar-refractivity contribution in [3.8, 4) is 0 Å². The van der Waals surface area contributed by atoms with E-state index in [0.29, 0.717) is 11.3 Å². The van der Waals surface area contributed by atoms with Gasteiger partial charge in [0.1, 0.15) is 17.6 Å². The molecule has 0 aliphatic rings. The van der Waals surface area contributed by atoms with Gasteiger partial charge in [0.2, 0.25) is 0 Å². The molecule has 2 aromatic heterocycles. The molecule has 0 aromatic carbocycles. The molecule has 2 heterocycles. The number of hydrogen-bond acceptors (Lipinski definition) is 2. The third-order valence-corrected chi connectivity index (χ3v) is 2.27. The van der Waals surface area contributed by atoms with Gasteiger partial charge in [-0.1, -0.05) is 0 Å². The standard InChI is InChI=1S/C10H12FN3/c1-6-7-4-8(10(2,3)11)14-9(7)13-5-12-6/h4-5H,1-3H3,(H,12,13,14). The van der Waals surface area contributed by atoms with E-state index < -0.39 is 5.67 Å². The molecular formula is C10H12FN3. The fraction of sp³-hybridized carbons (Fsp3) is 0.400. The highest BCUT2D eigenvalue weighted by Crippen LogP contribution is 2.27. The maximum Gasteiger partial charge on any atom is 0.145 e. The van der Waals surface area contributed by atoms with Crippen molar-refractivity contribution in [1.82, 2.24) is 15.0 Å². The van der Waals surface area contributed by atoms with Crippen molar-refractivity contribution < 1.29 is 4.39 Å². The molecule has 0 aliphatic carbocycles. The Kier molecular flexibility index (Phi) is 1.80. The maximum absolute atomic E-state index is 13.6. The van der Waals surface area contributed by atoms with Crippen molar-refractivity contribution in [3.05, 3.63) is 23.8 Å². The molecule has 0 unspecified atom stereocenters. The zero-order chi connectivity index (χ0) is 10.3. The molecule has 0 spiro atoms. The van der Waals surface area contributed by atoms with E-state index in [4.69, 9.17) is 0 Å². The van der Waals surface area contributed by atoms with Crippen LogP contribution in [-0.4, -0.2) is 15.0 Å². The van der Waals surface area contributed by atoms with Gasteiger partial charge in [-0.3, -0.25) is 0 Å². The fourth-order valence-corrected chi connectivity index (χ4v) is 1.38. The number of alkyl halides is 1. The van der Waals surface area contributed by atoms with Crippen LogP contribution in [0.1, 0.15) is 25.2 Å². The fourth-order valence-electron chi connectivity index (χ4n) is 1.38. The van der Waals surface area contributed by atoms with E-state index >= 15 is 0 Å². The van der Waals surface area contributed by atoms with Crippen molar-refractivity contribution >= 4 is 11.0 Å². The molecule has 3 nitrogen and oxygen atoms in total. The topological polar surface area (TPSA) is 41.6 Å². The number of aryl methyl sites for hydroxylation is 1. The molecule has 0 aliphatic heterocycles. The minimum Gasteiger partial charge on any atom is -0.340 e. The second-order valence-electron chi connectivity index (χ2n) is 3.88. The van der Waals surface area contributed by atoms with Crippen molar-refractivity contribution in [2.24, 2.45) is 0 Å². The quantitative estimate of drug-likeness (QED) is 0.755. The Morgan fingerprint density at radius 3 is 2.64 bits per heavy atom. The first-order valence-corrected chi connectivity index (χ1v) is 4.48. The van der Waals surface area contributed by atoms with E-state index in [1.807, 2.05) is 6.92 Å². The van der Waals surface area contributed by atoms with Gasteiger partial charge in [0.15, 0.2) is 0 Å². The summed E-state index contributed by atoms with van der Waals surface area (Å²) in [6, 6.07) is 1.77. The van der Waals surface area contributed by atoms with E-state index in [9.17, 15) is 4.39 Å². The number of rotatable bonds is 1. The summed E-state index contributed by atoms with van der Waals surface area (Å²) in [5, 5.41) is 0.883. The summed E-state index contributed by atoms with van der Waals surface area (Å²) >= 11 is 0. The third kappa shape index (κ3) is 1.36. The molecule has 0 fully saturated rings. The van der Waals surface area contributed by atoms with Crippen LogP contribution in [0.15, 0.2) is 12.4 Å². The van der Waals surface area contributed by atoms with Gasteiger partial charge in [0.05, 0.1) is 11.4 Å². The Labute approximate surface area is 81.4 Å². The maximum atomic E-state index is 13.6. The molecule has 0 radical (unpaired) electrons. The van der Waals surface area contributed by atoms with Crippen LogP contribution in [0, 0.1) is 6.92 Å². The Balaban J connectivity index is 2.69. The van der Waals surface area contributed by atoms with E-state index in [0.717, 1.165) is 11.1 Å². The number of H-pyrrole nitrogens is 1. The summed E-state index contributed by atoms with van der Waals surface area (Å²) in [5.74, 6) is 0. The lowest BCUT2D eigenvalue weighted by Crippen LogP contribution is -2.08. The summed E-state index contributed by atoms with van der Waals surface area (Å²) in [7, 11) is 0. The van der Waals surface area contributed by atoms with Crippen LogP contribution >= 0.6 is 0 Å². The predicted molar refractivity (Wildman–Crippen MR) is 52.8 cm³/mol. The molecule has 74 valence electrons. The van der Waals surface area contributed by atoms with Crippen LogP contribution in [0.5, 0.6) is 0 Å². The number of aromatic amines is 1.